The van der Waals surface area contributed by atoms with E-state index in [2.05, 4.69) is 4.98 Å². The van der Waals surface area contributed by atoms with Crippen molar-refractivity contribution in [2.75, 3.05) is 0 Å². The van der Waals surface area contributed by atoms with Crippen LogP contribution in [0.1, 0.15) is 50.4 Å². The van der Waals surface area contributed by atoms with Crippen molar-refractivity contribution >= 4 is 17.9 Å². The van der Waals surface area contributed by atoms with Gasteiger partial charge in [0.05, 0.1) is 4.92 Å². The van der Waals surface area contributed by atoms with Crippen molar-refractivity contribution in [3.63, 3.8) is 0 Å². The van der Waals surface area contributed by atoms with Crippen LogP contribution in [0.25, 0.3) is 0 Å². The number of rotatable bonds is 1. The molecule has 18 heavy (non-hydrogen) atoms. The fourth-order valence-corrected chi connectivity index (χ4v) is 3.05. The number of aryl methyl sites for hydroxylation is 1. The van der Waals surface area contributed by atoms with E-state index in [1.54, 1.807) is 0 Å². The molecular formula is C13H18N2O2S. The molecular weight excluding hydrogens is 248 g/mol. The van der Waals surface area contributed by atoms with Gasteiger partial charge in [-0.1, -0.05) is 33.0 Å². The van der Waals surface area contributed by atoms with Gasteiger partial charge < -0.3 is 4.98 Å². The van der Waals surface area contributed by atoms with E-state index >= 15 is 0 Å². The van der Waals surface area contributed by atoms with E-state index in [4.69, 9.17) is 12.2 Å². The summed E-state index contributed by atoms with van der Waals surface area (Å²) in [5, 5.41) is 11.3. The zero-order valence-electron chi connectivity index (χ0n) is 11.0. The van der Waals surface area contributed by atoms with Gasteiger partial charge in [-0.05, 0) is 36.7 Å². The van der Waals surface area contributed by atoms with E-state index < -0.39 is 0 Å². The molecule has 0 saturated heterocycles. The molecule has 1 N–H and O–H groups in total. The number of fused-ring (bicyclic) bond motifs is 1. The second kappa shape index (κ2) is 4.46. The van der Waals surface area contributed by atoms with Crippen LogP contribution in [0.3, 0.4) is 0 Å². The van der Waals surface area contributed by atoms with Gasteiger partial charge in [0.1, 0.15) is 0 Å². The van der Waals surface area contributed by atoms with Gasteiger partial charge in [-0.25, -0.2) is 0 Å². The van der Waals surface area contributed by atoms with Crippen molar-refractivity contribution in [2.45, 2.75) is 51.9 Å². The summed E-state index contributed by atoms with van der Waals surface area (Å²) in [4.78, 5) is 14.0. The van der Waals surface area contributed by atoms with E-state index in [0.29, 0.717) is 0 Å². The van der Waals surface area contributed by atoms with Gasteiger partial charge in [0.2, 0.25) is 0 Å². The Balaban J connectivity index is 2.83. The average molecular weight is 266 g/mol. The van der Waals surface area contributed by atoms with Crippen LogP contribution >= 0.6 is 12.2 Å². The van der Waals surface area contributed by atoms with Gasteiger partial charge in [0, 0.05) is 11.3 Å². The maximum atomic E-state index is 11.3. The smallest absolute Gasteiger partial charge is 0.307 e. The molecule has 0 spiro atoms. The fraction of sp³-hybridized carbons (Fsp3) is 0.615. The first-order chi connectivity index (χ1) is 8.32. The predicted octanol–water partition coefficient (Wildman–Crippen LogP) is 3.83. The molecule has 0 fully saturated rings. The van der Waals surface area contributed by atoms with Crippen molar-refractivity contribution in [3.05, 3.63) is 31.6 Å². The molecule has 1 aliphatic carbocycles. The Morgan fingerprint density at radius 2 is 1.89 bits per heavy atom. The predicted molar refractivity (Wildman–Crippen MR) is 73.6 cm³/mol. The molecule has 0 atom stereocenters. The Hall–Kier alpha value is -1.23. The summed E-state index contributed by atoms with van der Waals surface area (Å²) in [5.74, 6) is 0. The largest absolute Gasteiger partial charge is 0.344 e. The second-order valence-corrected chi connectivity index (χ2v) is 6.26. The highest BCUT2D eigenvalue weighted by molar-refractivity contribution is 7.71. The van der Waals surface area contributed by atoms with Crippen molar-refractivity contribution in [1.82, 2.24) is 4.98 Å². The van der Waals surface area contributed by atoms with Crippen LogP contribution in [0.15, 0.2) is 0 Å². The van der Waals surface area contributed by atoms with Crippen LogP contribution in [-0.4, -0.2) is 9.91 Å². The third kappa shape index (κ3) is 2.19. The molecule has 0 aliphatic heterocycles. The summed E-state index contributed by atoms with van der Waals surface area (Å²) in [5.41, 5.74) is 2.88. The van der Waals surface area contributed by atoms with Gasteiger partial charge in [-0.3, -0.25) is 10.1 Å². The minimum Gasteiger partial charge on any atom is -0.344 e. The van der Waals surface area contributed by atoms with Crippen molar-refractivity contribution in [1.29, 1.82) is 0 Å². The molecule has 0 radical (unpaired) electrons. The van der Waals surface area contributed by atoms with Gasteiger partial charge in [-0.2, -0.15) is 0 Å². The second-order valence-electron chi connectivity index (χ2n) is 5.85. The number of nitrogens with one attached hydrogen (secondary N) is 1. The molecule has 0 aromatic carbocycles. The van der Waals surface area contributed by atoms with Crippen LogP contribution in [-0.2, 0) is 18.3 Å². The molecule has 5 heteroatoms. The van der Waals surface area contributed by atoms with E-state index in [-0.39, 0.29) is 20.7 Å². The lowest BCUT2D eigenvalue weighted by Crippen LogP contribution is -2.21. The highest BCUT2D eigenvalue weighted by Gasteiger charge is 2.32. The first kappa shape index (κ1) is 13.2. The Labute approximate surface area is 112 Å². The zero-order valence-corrected chi connectivity index (χ0v) is 11.8. The molecule has 0 unspecified atom stereocenters. The van der Waals surface area contributed by atoms with Crippen molar-refractivity contribution < 1.29 is 4.92 Å². The maximum Gasteiger partial charge on any atom is 0.307 e. The summed E-state index contributed by atoms with van der Waals surface area (Å²) in [6.45, 7) is 6.04. The highest BCUT2D eigenvalue weighted by Crippen LogP contribution is 2.38. The number of pyridine rings is 1. The summed E-state index contributed by atoms with van der Waals surface area (Å²) in [6, 6.07) is 0. The molecule has 4 nitrogen and oxygen atoms in total. The summed E-state index contributed by atoms with van der Waals surface area (Å²) >= 11 is 5.17. The van der Waals surface area contributed by atoms with E-state index in [0.717, 1.165) is 42.5 Å². The molecule has 0 amide bonds. The van der Waals surface area contributed by atoms with E-state index in [1.165, 1.54) is 0 Å². The topological polar surface area (TPSA) is 58.9 Å². The lowest BCUT2D eigenvalue weighted by molar-refractivity contribution is -0.386. The van der Waals surface area contributed by atoms with Crippen LogP contribution in [0.2, 0.25) is 0 Å². The Morgan fingerprint density at radius 1 is 1.28 bits per heavy atom. The highest BCUT2D eigenvalue weighted by atomic mass is 32.1. The zero-order chi connectivity index (χ0) is 13.5. The minimum atomic E-state index is -0.339. The summed E-state index contributed by atoms with van der Waals surface area (Å²) in [6.07, 6.45) is 4.08. The molecule has 1 aromatic rings. The maximum absolute atomic E-state index is 11.3. The van der Waals surface area contributed by atoms with Crippen LogP contribution in [0, 0.1) is 14.8 Å². The number of H-pyrrole nitrogens is 1. The molecule has 1 aromatic heterocycles. The SMILES string of the molecule is CC(C)(C)c1c2c([nH]c(=S)c1[N+](=O)[O-])CCCC2. The van der Waals surface area contributed by atoms with Crippen molar-refractivity contribution in [2.24, 2.45) is 0 Å². The first-order valence-electron chi connectivity index (χ1n) is 6.25. The van der Waals surface area contributed by atoms with Crippen LogP contribution in [0.4, 0.5) is 5.69 Å². The Morgan fingerprint density at radius 3 is 2.44 bits per heavy atom. The lowest BCUT2D eigenvalue weighted by Gasteiger charge is -2.26. The van der Waals surface area contributed by atoms with Gasteiger partial charge >= 0.3 is 5.69 Å². The summed E-state index contributed by atoms with van der Waals surface area (Å²) < 4.78 is 0.269. The van der Waals surface area contributed by atoms with Gasteiger partial charge in [-0.15, -0.1) is 0 Å². The average Bonchev–Trinajstić information content (AvgIpc) is 2.25. The first-order valence-corrected chi connectivity index (χ1v) is 6.66. The molecule has 1 aliphatic rings. The molecule has 2 rings (SSSR count). The summed E-state index contributed by atoms with van der Waals surface area (Å²) in [7, 11) is 0. The molecule has 0 saturated carbocycles. The lowest BCUT2D eigenvalue weighted by atomic mass is 9.79. The number of aromatic nitrogens is 1. The Bertz CT molecular complexity index is 555. The van der Waals surface area contributed by atoms with E-state index in [1.807, 2.05) is 20.8 Å². The Kier molecular flexibility index (Phi) is 3.27. The third-order valence-electron chi connectivity index (χ3n) is 3.42. The van der Waals surface area contributed by atoms with Crippen molar-refractivity contribution in [3.8, 4) is 0 Å². The fourth-order valence-electron chi connectivity index (χ4n) is 2.75. The standard InChI is InChI=1S/C13H18N2O2S/c1-13(2,3)10-8-6-4-5-7-9(8)14-12(18)11(10)15(16)17/h4-7H2,1-3H3,(H,14,18). The van der Waals surface area contributed by atoms with E-state index in [9.17, 15) is 10.1 Å². The monoisotopic (exact) mass is 266 g/mol. The van der Waals surface area contributed by atoms with Crippen LogP contribution in [0.5, 0.6) is 0 Å². The van der Waals surface area contributed by atoms with Gasteiger partial charge in [0.15, 0.2) is 4.64 Å². The van der Waals surface area contributed by atoms with Crippen LogP contribution < -0.4 is 0 Å². The molecule has 0 bridgehead atoms. The molecule has 1 heterocycles. The number of hydrogen-bond acceptors (Lipinski definition) is 3. The number of aromatic amines is 1. The third-order valence-corrected chi connectivity index (χ3v) is 3.71. The molecule has 98 valence electrons. The number of hydrogen-bond donors (Lipinski definition) is 1. The number of nitrogens with zero attached hydrogens (tertiary/aromatic N) is 1. The number of nitro groups is 1. The normalized spacial score (nSPS) is 15.3. The van der Waals surface area contributed by atoms with Gasteiger partial charge in [0.25, 0.3) is 0 Å². The minimum absolute atomic E-state index is 0.0955. The quantitative estimate of drug-likeness (QED) is 0.477.